The minimum absolute atomic E-state index is 0.123. The molecule has 1 rings (SSSR count). The molecule has 0 aliphatic rings. The smallest absolute Gasteiger partial charge is 0.311 e. The van der Waals surface area contributed by atoms with E-state index in [0.717, 1.165) is 13.2 Å². The van der Waals surface area contributed by atoms with Gasteiger partial charge >= 0.3 is 5.97 Å². The molecule has 1 aromatic rings. The topological polar surface area (TPSA) is 48.4 Å². The summed E-state index contributed by atoms with van der Waals surface area (Å²) < 4.78 is 47.9. The Bertz CT molecular complexity index is 438. The van der Waals surface area contributed by atoms with E-state index in [4.69, 9.17) is 0 Å². The summed E-state index contributed by atoms with van der Waals surface area (Å²) >= 11 is 0. The highest BCUT2D eigenvalue weighted by Gasteiger charge is 2.21. The molecule has 0 bridgehead atoms. The standard InChI is InChI=1S/C11H12F3NO3/c1-3-18-9(16)5-7-6(12)4-8(17-2)10(15-7)11(13)14/h4,11H,3,5H2,1-2H3. The number of nitrogens with zero attached hydrogens (tertiary/aromatic N) is 1. The van der Waals surface area contributed by atoms with Gasteiger partial charge in [0.1, 0.15) is 17.3 Å². The zero-order valence-electron chi connectivity index (χ0n) is 9.87. The van der Waals surface area contributed by atoms with Gasteiger partial charge < -0.3 is 9.47 Å². The molecule has 0 atom stereocenters. The van der Waals surface area contributed by atoms with Crippen molar-refractivity contribution in [1.82, 2.24) is 4.98 Å². The van der Waals surface area contributed by atoms with Crippen molar-refractivity contribution in [3.63, 3.8) is 0 Å². The van der Waals surface area contributed by atoms with Gasteiger partial charge in [0.25, 0.3) is 6.43 Å². The van der Waals surface area contributed by atoms with Crippen LogP contribution in [0.15, 0.2) is 6.07 Å². The van der Waals surface area contributed by atoms with Gasteiger partial charge in [-0.05, 0) is 6.92 Å². The normalized spacial score (nSPS) is 10.6. The Hall–Kier alpha value is -1.79. The number of rotatable bonds is 5. The molecule has 0 amide bonds. The number of halogens is 3. The van der Waals surface area contributed by atoms with E-state index in [1.807, 2.05) is 0 Å². The van der Waals surface area contributed by atoms with Crippen LogP contribution >= 0.6 is 0 Å². The molecule has 0 spiro atoms. The molecule has 0 saturated carbocycles. The lowest BCUT2D eigenvalue weighted by atomic mass is 10.2. The highest BCUT2D eigenvalue weighted by Crippen LogP contribution is 2.28. The SMILES string of the molecule is CCOC(=O)Cc1nc(C(F)F)c(OC)cc1F. The molecule has 1 heterocycles. The monoisotopic (exact) mass is 263 g/mol. The van der Waals surface area contributed by atoms with Gasteiger partial charge in [0, 0.05) is 6.07 Å². The van der Waals surface area contributed by atoms with Gasteiger partial charge in [0.05, 0.1) is 25.8 Å². The van der Waals surface area contributed by atoms with E-state index in [1.165, 1.54) is 0 Å². The van der Waals surface area contributed by atoms with E-state index >= 15 is 0 Å². The number of aromatic nitrogens is 1. The highest BCUT2D eigenvalue weighted by atomic mass is 19.3. The lowest BCUT2D eigenvalue weighted by Gasteiger charge is -2.10. The number of carbonyl (C=O) groups excluding carboxylic acids is 1. The summed E-state index contributed by atoms with van der Waals surface area (Å²) in [5.41, 5.74) is -1.08. The molecule has 0 radical (unpaired) electrons. The fourth-order valence-corrected chi connectivity index (χ4v) is 1.32. The summed E-state index contributed by atoms with van der Waals surface area (Å²) in [6.45, 7) is 1.71. The van der Waals surface area contributed by atoms with Crippen molar-refractivity contribution in [2.75, 3.05) is 13.7 Å². The van der Waals surface area contributed by atoms with Gasteiger partial charge in [-0.2, -0.15) is 0 Å². The molecule has 0 aromatic carbocycles. The second-order valence-electron chi connectivity index (χ2n) is 3.29. The first-order valence-corrected chi connectivity index (χ1v) is 5.16. The van der Waals surface area contributed by atoms with Crippen molar-refractivity contribution in [1.29, 1.82) is 0 Å². The lowest BCUT2D eigenvalue weighted by molar-refractivity contribution is -0.142. The van der Waals surface area contributed by atoms with Gasteiger partial charge in [0.2, 0.25) is 0 Å². The van der Waals surface area contributed by atoms with Crippen molar-refractivity contribution < 1.29 is 27.4 Å². The third-order valence-electron chi connectivity index (χ3n) is 2.09. The Morgan fingerprint density at radius 1 is 1.50 bits per heavy atom. The molecular weight excluding hydrogens is 251 g/mol. The molecule has 100 valence electrons. The van der Waals surface area contributed by atoms with Crippen molar-refractivity contribution in [2.24, 2.45) is 0 Å². The van der Waals surface area contributed by atoms with E-state index in [0.29, 0.717) is 0 Å². The van der Waals surface area contributed by atoms with Crippen molar-refractivity contribution in [3.8, 4) is 5.75 Å². The predicted octanol–water partition coefficient (Wildman–Crippen LogP) is 2.27. The van der Waals surface area contributed by atoms with Crippen LogP contribution in [-0.2, 0) is 16.0 Å². The summed E-state index contributed by atoms with van der Waals surface area (Å²) in [6, 6.07) is 0.781. The van der Waals surface area contributed by atoms with Gasteiger partial charge in [-0.15, -0.1) is 0 Å². The molecule has 1 aromatic heterocycles. The van der Waals surface area contributed by atoms with Crippen LogP contribution in [0.4, 0.5) is 13.2 Å². The molecule has 0 aliphatic heterocycles. The molecule has 18 heavy (non-hydrogen) atoms. The number of ether oxygens (including phenoxy) is 2. The zero-order valence-corrected chi connectivity index (χ0v) is 9.87. The summed E-state index contributed by atoms with van der Waals surface area (Å²) in [7, 11) is 1.13. The summed E-state index contributed by atoms with van der Waals surface area (Å²) in [6.07, 6.45) is -3.41. The second-order valence-corrected chi connectivity index (χ2v) is 3.29. The number of esters is 1. The first kappa shape index (κ1) is 14.3. The van der Waals surface area contributed by atoms with E-state index in [1.54, 1.807) is 6.92 Å². The summed E-state index contributed by atoms with van der Waals surface area (Å²) in [4.78, 5) is 14.6. The van der Waals surface area contributed by atoms with Crippen LogP contribution in [0.2, 0.25) is 0 Å². The van der Waals surface area contributed by atoms with Crippen LogP contribution in [0.1, 0.15) is 24.7 Å². The Balaban J connectivity index is 3.05. The predicted molar refractivity (Wildman–Crippen MR) is 56.0 cm³/mol. The summed E-state index contributed by atoms with van der Waals surface area (Å²) in [5, 5.41) is 0. The van der Waals surface area contributed by atoms with Gasteiger partial charge in [-0.1, -0.05) is 0 Å². The third kappa shape index (κ3) is 3.35. The van der Waals surface area contributed by atoms with Crippen LogP contribution in [0.25, 0.3) is 0 Å². The van der Waals surface area contributed by atoms with E-state index in [-0.39, 0.29) is 18.1 Å². The second kappa shape index (κ2) is 6.23. The van der Waals surface area contributed by atoms with E-state index < -0.39 is 30.3 Å². The van der Waals surface area contributed by atoms with Gasteiger partial charge in [-0.25, -0.2) is 18.2 Å². The zero-order chi connectivity index (χ0) is 13.7. The molecule has 0 N–H and O–H groups in total. The molecule has 7 heteroatoms. The van der Waals surface area contributed by atoms with Crippen LogP contribution in [-0.4, -0.2) is 24.7 Å². The average Bonchev–Trinajstić information content (AvgIpc) is 2.31. The number of hydrogen-bond acceptors (Lipinski definition) is 4. The maximum absolute atomic E-state index is 13.5. The van der Waals surface area contributed by atoms with Crippen LogP contribution in [0.3, 0.4) is 0 Å². The van der Waals surface area contributed by atoms with Crippen LogP contribution in [0.5, 0.6) is 5.75 Å². The number of pyridine rings is 1. The van der Waals surface area contributed by atoms with Crippen LogP contribution < -0.4 is 4.74 Å². The minimum atomic E-state index is -2.92. The quantitative estimate of drug-likeness (QED) is 0.765. The van der Waals surface area contributed by atoms with Gasteiger partial charge in [0.15, 0.2) is 0 Å². The molecule has 0 unspecified atom stereocenters. The molecule has 0 saturated heterocycles. The lowest BCUT2D eigenvalue weighted by Crippen LogP contribution is -2.12. The molecule has 4 nitrogen and oxygen atoms in total. The third-order valence-corrected chi connectivity index (χ3v) is 2.09. The fourth-order valence-electron chi connectivity index (χ4n) is 1.32. The highest BCUT2D eigenvalue weighted by molar-refractivity contribution is 5.72. The van der Waals surface area contributed by atoms with Crippen molar-refractivity contribution >= 4 is 5.97 Å². The number of hydrogen-bond donors (Lipinski definition) is 0. The van der Waals surface area contributed by atoms with Crippen molar-refractivity contribution in [2.45, 2.75) is 19.8 Å². The maximum atomic E-state index is 13.5. The minimum Gasteiger partial charge on any atom is -0.495 e. The van der Waals surface area contributed by atoms with Crippen molar-refractivity contribution in [3.05, 3.63) is 23.3 Å². The fraction of sp³-hybridized carbons (Fsp3) is 0.455. The Morgan fingerprint density at radius 2 is 2.17 bits per heavy atom. The molecule has 0 aliphatic carbocycles. The first-order chi connectivity index (χ1) is 8.49. The number of alkyl halides is 2. The number of carbonyl (C=O) groups is 1. The Kier molecular flexibility index (Phi) is 4.94. The summed E-state index contributed by atoms with van der Waals surface area (Å²) in [5.74, 6) is -1.96. The van der Waals surface area contributed by atoms with Gasteiger partial charge in [-0.3, -0.25) is 4.79 Å². The number of methoxy groups -OCH3 is 1. The van der Waals surface area contributed by atoms with Crippen LogP contribution in [0, 0.1) is 5.82 Å². The largest absolute Gasteiger partial charge is 0.495 e. The average molecular weight is 263 g/mol. The first-order valence-electron chi connectivity index (χ1n) is 5.16. The Labute approximate surface area is 102 Å². The van der Waals surface area contributed by atoms with E-state index in [9.17, 15) is 18.0 Å². The molecule has 0 fully saturated rings. The maximum Gasteiger partial charge on any atom is 0.311 e. The van der Waals surface area contributed by atoms with E-state index in [2.05, 4.69) is 14.5 Å². The Morgan fingerprint density at radius 3 is 2.67 bits per heavy atom. The molecular formula is C11H12F3NO3.